The molecular formula is C30H37F2N3O4. The second-order valence-corrected chi connectivity index (χ2v) is 10.8. The third-order valence-corrected chi connectivity index (χ3v) is 7.94. The maximum atomic E-state index is 13.3. The number of rotatable bonds is 12. The minimum absolute atomic E-state index is 0.0614. The Bertz CT molecular complexity index is 1300. The van der Waals surface area contributed by atoms with E-state index < -0.39 is 6.61 Å². The van der Waals surface area contributed by atoms with Crippen molar-refractivity contribution < 1.29 is 27.8 Å². The number of carbonyl (C=O) groups excluding carboxylic acids is 1. The molecule has 1 saturated carbocycles. The molecule has 1 aromatic carbocycles. The number of imidazole rings is 1. The summed E-state index contributed by atoms with van der Waals surface area (Å²) < 4.78 is 44.8. The van der Waals surface area contributed by atoms with Crippen molar-refractivity contribution in [3.8, 4) is 28.5 Å². The van der Waals surface area contributed by atoms with Gasteiger partial charge in [-0.1, -0.05) is 6.42 Å². The summed E-state index contributed by atoms with van der Waals surface area (Å²) in [4.78, 5) is 20.0. The maximum Gasteiger partial charge on any atom is 0.387 e. The van der Waals surface area contributed by atoms with E-state index >= 15 is 0 Å². The van der Waals surface area contributed by atoms with E-state index in [0.29, 0.717) is 47.9 Å². The molecule has 0 radical (unpaired) electrons. The summed E-state index contributed by atoms with van der Waals surface area (Å²) in [6.45, 7) is 3.17. The second-order valence-electron chi connectivity index (χ2n) is 10.8. The van der Waals surface area contributed by atoms with Gasteiger partial charge in [-0.3, -0.25) is 14.1 Å². The SMILES string of the molecule is COc1cc(-c2cnc3cc(OCCCN4[C@H](C)CCC[C@@H]4C)ccn23)cc(OC(F)F)c1C(=O)CC1CC1. The van der Waals surface area contributed by atoms with Crippen LogP contribution in [0.15, 0.2) is 36.7 Å². The van der Waals surface area contributed by atoms with E-state index in [1.807, 2.05) is 22.7 Å². The highest BCUT2D eigenvalue weighted by atomic mass is 19.3. The minimum atomic E-state index is -3.07. The van der Waals surface area contributed by atoms with Crippen LogP contribution >= 0.6 is 0 Å². The van der Waals surface area contributed by atoms with Gasteiger partial charge in [-0.25, -0.2) is 4.98 Å². The smallest absolute Gasteiger partial charge is 0.387 e. The number of hydrogen-bond acceptors (Lipinski definition) is 6. The van der Waals surface area contributed by atoms with E-state index in [9.17, 15) is 13.6 Å². The summed E-state index contributed by atoms with van der Waals surface area (Å²) in [5, 5.41) is 0. The molecule has 7 nitrogen and oxygen atoms in total. The highest BCUT2D eigenvalue weighted by Gasteiger charge is 2.30. The van der Waals surface area contributed by atoms with Crippen molar-refractivity contribution in [2.24, 2.45) is 5.92 Å². The van der Waals surface area contributed by atoms with Gasteiger partial charge in [0.25, 0.3) is 0 Å². The predicted molar refractivity (Wildman–Crippen MR) is 145 cm³/mol. The highest BCUT2D eigenvalue weighted by Crippen LogP contribution is 2.40. The number of methoxy groups -OCH3 is 1. The number of alkyl halides is 2. The zero-order valence-corrected chi connectivity index (χ0v) is 22.9. The number of ether oxygens (including phenoxy) is 3. The molecule has 1 aliphatic heterocycles. The van der Waals surface area contributed by atoms with E-state index in [1.165, 1.54) is 32.4 Å². The maximum absolute atomic E-state index is 13.3. The first-order valence-electron chi connectivity index (χ1n) is 13.9. The molecule has 2 aromatic heterocycles. The fraction of sp³-hybridized carbons (Fsp3) is 0.533. The molecule has 5 rings (SSSR count). The van der Waals surface area contributed by atoms with Gasteiger partial charge in [0.05, 0.1) is 25.6 Å². The molecule has 0 amide bonds. The Morgan fingerprint density at radius 1 is 1.10 bits per heavy atom. The molecule has 0 unspecified atom stereocenters. The average molecular weight is 542 g/mol. The van der Waals surface area contributed by atoms with Crippen molar-refractivity contribution in [2.75, 3.05) is 20.3 Å². The third kappa shape index (κ3) is 6.35. The van der Waals surface area contributed by atoms with Crippen molar-refractivity contribution in [3.63, 3.8) is 0 Å². The molecular weight excluding hydrogens is 504 g/mol. The number of likely N-dealkylation sites (tertiary alicyclic amines) is 1. The van der Waals surface area contributed by atoms with Gasteiger partial charge in [0.1, 0.15) is 28.5 Å². The molecule has 210 valence electrons. The van der Waals surface area contributed by atoms with Crippen LogP contribution in [0.4, 0.5) is 8.78 Å². The fourth-order valence-electron chi connectivity index (χ4n) is 5.67. The van der Waals surface area contributed by atoms with Crippen LogP contribution in [-0.2, 0) is 0 Å². The molecule has 2 atom stereocenters. The number of fused-ring (bicyclic) bond motifs is 1. The average Bonchev–Trinajstić information content (AvgIpc) is 3.62. The van der Waals surface area contributed by atoms with Crippen LogP contribution in [0.25, 0.3) is 16.9 Å². The molecule has 3 heterocycles. The van der Waals surface area contributed by atoms with Gasteiger partial charge < -0.3 is 14.2 Å². The van der Waals surface area contributed by atoms with Crippen molar-refractivity contribution in [2.45, 2.75) is 77.5 Å². The highest BCUT2D eigenvalue weighted by molar-refractivity contribution is 6.02. The Kier molecular flexibility index (Phi) is 8.35. The van der Waals surface area contributed by atoms with Gasteiger partial charge in [0.2, 0.25) is 0 Å². The quantitative estimate of drug-likeness (QED) is 0.190. The molecule has 1 saturated heterocycles. The van der Waals surface area contributed by atoms with Gasteiger partial charge in [-0.05, 0) is 70.1 Å². The number of pyridine rings is 1. The second kappa shape index (κ2) is 11.9. The van der Waals surface area contributed by atoms with Crippen molar-refractivity contribution in [1.82, 2.24) is 14.3 Å². The Balaban J connectivity index is 1.33. The zero-order chi connectivity index (χ0) is 27.5. The summed E-state index contributed by atoms with van der Waals surface area (Å²) in [6.07, 6.45) is 10.5. The van der Waals surface area contributed by atoms with E-state index in [1.54, 1.807) is 12.3 Å². The first-order chi connectivity index (χ1) is 18.8. The fourth-order valence-corrected chi connectivity index (χ4v) is 5.67. The lowest BCUT2D eigenvalue weighted by Gasteiger charge is -2.39. The van der Waals surface area contributed by atoms with Crippen LogP contribution < -0.4 is 14.2 Å². The lowest BCUT2D eigenvalue weighted by Crippen LogP contribution is -2.44. The topological polar surface area (TPSA) is 65.3 Å². The molecule has 3 aromatic rings. The number of ketones is 1. The molecule has 39 heavy (non-hydrogen) atoms. The number of nitrogens with zero attached hydrogens (tertiary/aromatic N) is 3. The number of benzene rings is 1. The lowest BCUT2D eigenvalue weighted by atomic mass is 9.97. The Morgan fingerprint density at radius 3 is 2.54 bits per heavy atom. The van der Waals surface area contributed by atoms with Crippen LogP contribution in [0.1, 0.15) is 69.2 Å². The molecule has 1 aliphatic carbocycles. The molecule has 9 heteroatoms. The first kappa shape index (κ1) is 27.4. The number of carbonyl (C=O) groups is 1. The van der Waals surface area contributed by atoms with E-state index in [-0.39, 0.29) is 22.8 Å². The summed E-state index contributed by atoms with van der Waals surface area (Å²) in [7, 11) is 1.42. The monoisotopic (exact) mass is 541 g/mol. The number of Topliss-reactive ketones (excluding diaryl/α,β-unsaturated/α-hetero) is 1. The number of hydrogen-bond donors (Lipinski definition) is 0. The van der Waals surface area contributed by atoms with Crippen molar-refractivity contribution in [1.29, 1.82) is 0 Å². The normalized spacial score (nSPS) is 19.9. The third-order valence-electron chi connectivity index (χ3n) is 7.94. The summed E-state index contributed by atoms with van der Waals surface area (Å²) in [5.74, 6) is 0.798. The van der Waals surface area contributed by atoms with E-state index in [4.69, 9.17) is 14.2 Å². The van der Waals surface area contributed by atoms with Gasteiger partial charge in [-0.2, -0.15) is 8.78 Å². The molecule has 2 fully saturated rings. The summed E-state index contributed by atoms with van der Waals surface area (Å²) >= 11 is 0. The summed E-state index contributed by atoms with van der Waals surface area (Å²) in [6, 6.07) is 8.09. The Morgan fingerprint density at radius 2 is 1.85 bits per heavy atom. The predicted octanol–water partition coefficient (Wildman–Crippen LogP) is 6.63. The first-order valence-corrected chi connectivity index (χ1v) is 13.9. The van der Waals surface area contributed by atoms with Crippen LogP contribution in [0.2, 0.25) is 0 Å². The van der Waals surface area contributed by atoms with Gasteiger partial charge in [0.15, 0.2) is 5.78 Å². The van der Waals surface area contributed by atoms with Crippen LogP contribution in [0.5, 0.6) is 17.2 Å². The Labute approximate surface area is 228 Å². The van der Waals surface area contributed by atoms with Crippen LogP contribution in [-0.4, -0.2) is 59.0 Å². The van der Waals surface area contributed by atoms with E-state index in [2.05, 4.69) is 23.7 Å². The number of halogens is 2. The van der Waals surface area contributed by atoms with Gasteiger partial charge in [0, 0.05) is 42.9 Å². The molecule has 0 spiro atoms. The van der Waals surface area contributed by atoms with Gasteiger partial charge >= 0.3 is 6.61 Å². The molecule has 0 N–H and O–H groups in total. The zero-order valence-electron chi connectivity index (χ0n) is 22.9. The number of aromatic nitrogens is 2. The van der Waals surface area contributed by atoms with Crippen molar-refractivity contribution in [3.05, 3.63) is 42.2 Å². The Hall–Kier alpha value is -3.20. The van der Waals surface area contributed by atoms with Gasteiger partial charge in [-0.15, -0.1) is 0 Å². The summed E-state index contributed by atoms with van der Waals surface area (Å²) in [5.41, 5.74) is 1.93. The lowest BCUT2D eigenvalue weighted by molar-refractivity contribution is -0.0502. The number of piperidine rings is 1. The largest absolute Gasteiger partial charge is 0.496 e. The standard InChI is InChI=1S/C30H37F2N3O4/c1-19-6-4-7-20(2)34(19)11-5-13-38-23-10-12-35-24(18-33-28(35)17-23)22-15-26(37-3)29(25(36)14-21-8-9-21)27(16-22)39-30(31)32/h10,12,15-21,30H,4-9,11,13-14H2,1-3H3/t19-,20+. The molecule has 0 bridgehead atoms. The van der Waals surface area contributed by atoms with Crippen LogP contribution in [0, 0.1) is 5.92 Å². The van der Waals surface area contributed by atoms with Crippen LogP contribution in [0.3, 0.4) is 0 Å². The minimum Gasteiger partial charge on any atom is -0.496 e. The van der Waals surface area contributed by atoms with Crippen molar-refractivity contribution >= 4 is 11.4 Å². The van der Waals surface area contributed by atoms with E-state index in [0.717, 1.165) is 31.6 Å². The molecule has 2 aliphatic rings.